The third-order valence-corrected chi connectivity index (χ3v) is 8.52. The van der Waals surface area contributed by atoms with Crippen LogP contribution in [-0.4, -0.2) is 15.6 Å². The number of nitriles is 1. The summed E-state index contributed by atoms with van der Waals surface area (Å²) in [5, 5.41) is 12.6. The maximum Gasteiger partial charge on any atom is 0.133 e. The minimum absolute atomic E-state index is 0.270. The van der Waals surface area contributed by atoms with E-state index in [9.17, 15) is 5.26 Å². The second-order valence-electron chi connectivity index (χ2n) is 10.6. The molecule has 190 valence electrons. The molecule has 0 N–H and O–H groups in total. The first-order chi connectivity index (χ1) is 19.8. The van der Waals surface area contributed by atoms with Gasteiger partial charge in [0.15, 0.2) is 0 Å². The highest BCUT2D eigenvalue weighted by Crippen LogP contribution is 2.44. The molecule has 0 radical (unpaired) electrons. The molecule has 2 atom stereocenters. The highest BCUT2D eigenvalue weighted by molar-refractivity contribution is 6.09. The summed E-state index contributed by atoms with van der Waals surface area (Å²) in [6.45, 7) is 0. The van der Waals surface area contributed by atoms with Gasteiger partial charge in [-0.3, -0.25) is 0 Å². The van der Waals surface area contributed by atoms with Crippen molar-refractivity contribution in [1.29, 1.82) is 5.26 Å². The first kappa shape index (κ1) is 22.8. The van der Waals surface area contributed by atoms with E-state index in [4.69, 9.17) is 4.98 Å². The highest BCUT2D eigenvalue weighted by atomic mass is 15.2. The van der Waals surface area contributed by atoms with Gasteiger partial charge in [-0.15, -0.1) is 0 Å². The second-order valence-corrected chi connectivity index (χ2v) is 10.6. The van der Waals surface area contributed by atoms with Crippen molar-refractivity contribution in [3.8, 4) is 22.9 Å². The van der Waals surface area contributed by atoms with Crippen molar-refractivity contribution in [2.75, 3.05) is 4.90 Å². The summed E-state index contributed by atoms with van der Waals surface area (Å²) >= 11 is 0. The van der Waals surface area contributed by atoms with Crippen LogP contribution in [0.5, 0.6) is 0 Å². The second kappa shape index (κ2) is 8.97. The smallest absolute Gasteiger partial charge is 0.133 e. The third-order valence-electron chi connectivity index (χ3n) is 8.52. The van der Waals surface area contributed by atoms with Gasteiger partial charge in [-0.05, 0) is 66.5 Å². The fraction of sp³-hybridized carbons (Fsp3) is 0.111. The molecule has 0 fully saturated rings. The summed E-state index contributed by atoms with van der Waals surface area (Å²) in [4.78, 5) is 7.32. The molecule has 2 aromatic heterocycles. The van der Waals surface area contributed by atoms with Gasteiger partial charge in [0, 0.05) is 34.1 Å². The molecule has 0 amide bonds. The Morgan fingerprint density at radius 2 is 1.57 bits per heavy atom. The van der Waals surface area contributed by atoms with E-state index in [0.29, 0.717) is 11.5 Å². The lowest BCUT2D eigenvalue weighted by atomic mass is 9.87. The van der Waals surface area contributed by atoms with Crippen LogP contribution in [0, 0.1) is 17.2 Å². The molecule has 0 spiro atoms. The molecule has 5 aromatic rings. The molecule has 2 aliphatic carbocycles. The monoisotopic (exact) mass is 514 g/mol. The molecule has 1 aliphatic heterocycles. The standard InChI is InChI=1S/C36H26N4/c37-22-26-21-24(17-19-31(26)39-32-13-5-1-9-27(32)28-10-2-6-14-33(28)39)25-18-20-36(38-23-25)40-34-15-7-3-11-29(34)30-12-4-8-16-35(30)40/h1-3,5-11,13-21,23,29,34H,4,12H2. The summed E-state index contributed by atoms with van der Waals surface area (Å²) in [7, 11) is 0. The molecule has 4 heteroatoms. The lowest BCUT2D eigenvalue weighted by molar-refractivity contribution is 0.655. The van der Waals surface area contributed by atoms with E-state index < -0.39 is 0 Å². The minimum Gasteiger partial charge on any atom is -0.319 e. The zero-order valence-corrected chi connectivity index (χ0v) is 21.9. The zero-order chi connectivity index (χ0) is 26.6. The molecular formula is C36H26N4. The van der Waals surface area contributed by atoms with Gasteiger partial charge >= 0.3 is 0 Å². The quantitative estimate of drug-likeness (QED) is 0.243. The summed E-state index contributed by atoms with van der Waals surface area (Å²) in [6.07, 6.45) is 17.6. The van der Waals surface area contributed by atoms with Crippen LogP contribution in [0.2, 0.25) is 0 Å². The van der Waals surface area contributed by atoms with Gasteiger partial charge in [-0.25, -0.2) is 4.98 Å². The Bertz CT molecular complexity index is 1920. The van der Waals surface area contributed by atoms with Crippen LogP contribution in [0.1, 0.15) is 18.4 Å². The molecular weight excluding hydrogens is 488 g/mol. The average molecular weight is 515 g/mol. The van der Waals surface area contributed by atoms with E-state index in [1.807, 2.05) is 12.3 Å². The molecule has 0 bridgehead atoms. The maximum atomic E-state index is 10.2. The Morgan fingerprint density at radius 3 is 2.33 bits per heavy atom. The number of anilines is 1. The number of hydrogen-bond donors (Lipinski definition) is 0. The van der Waals surface area contributed by atoms with Gasteiger partial charge in [0.05, 0.1) is 28.3 Å². The van der Waals surface area contributed by atoms with Crippen LogP contribution in [0.15, 0.2) is 133 Å². The van der Waals surface area contributed by atoms with Crippen molar-refractivity contribution >= 4 is 27.6 Å². The molecule has 2 unspecified atom stereocenters. The van der Waals surface area contributed by atoms with Gasteiger partial charge in [0.25, 0.3) is 0 Å². The van der Waals surface area contributed by atoms with Gasteiger partial charge in [0.1, 0.15) is 11.9 Å². The molecule has 40 heavy (non-hydrogen) atoms. The predicted molar refractivity (Wildman–Crippen MR) is 162 cm³/mol. The van der Waals surface area contributed by atoms with Gasteiger partial charge in [-0.1, -0.05) is 72.8 Å². The predicted octanol–water partition coefficient (Wildman–Crippen LogP) is 8.25. The van der Waals surface area contributed by atoms with Crippen LogP contribution in [0.3, 0.4) is 0 Å². The Kier molecular flexibility index (Phi) is 5.11. The third kappa shape index (κ3) is 3.34. The minimum atomic E-state index is 0.270. The highest BCUT2D eigenvalue weighted by Gasteiger charge is 2.39. The van der Waals surface area contributed by atoms with Crippen molar-refractivity contribution in [1.82, 2.24) is 9.55 Å². The fourth-order valence-corrected chi connectivity index (χ4v) is 6.72. The fourth-order valence-electron chi connectivity index (χ4n) is 6.72. The van der Waals surface area contributed by atoms with Gasteiger partial charge < -0.3 is 9.47 Å². The van der Waals surface area contributed by atoms with Gasteiger partial charge in [-0.2, -0.15) is 5.26 Å². The zero-order valence-electron chi connectivity index (χ0n) is 21.9. The number of nitrogens with zero attached hydrogens (tertiary/aromatic N) is 4. The van der Waals surface area contributed by atoms with E-state index in [1.54, 1.807) is 0 Å². The molecule has 0 saturated heterocycles. The van der Waals surface area contributed by atoms with E-state index in [0.717, 1.165) is 46.5 Å². The topological polar surface area (TPSA) is 44.9 Å². The molecule has 3 aromatic carbocycles. The van der Waals surface area contributed by atoms with Crippen LogP contribution in [0.4, 0.5) is 5.82 Å². The van der Waals surface area contributed by atoms with Crippen molar-refractivity contribution in [3.63, 3.8) is 0 Å². The molecule has 4 nitrogen and oxygen atoms in total. The van der Waals surface area contributed by atoms with Crippen molar-refractivity contribution in [3.05, 3.63) is 138 Å². The summed E-state index contributed by atoms with van der Waals surface area (Å²) in [5.41, 5.74) is 8.50. The largest absolute Gasteiger partial charge is 0.319 e. The normalized spacial score (nSPS) is 19.3. The number of benzene rings is 3. The lowest BCUT2D eigenvalue weighted by Gasteiger charge is -2.29. The average Bonchev–Trinajstić information content (AvgIpc) is 3.54. The van der Waals surface area contributed by atoms with Crippen LogP contribution < -0.4 is 4.90 Å². The molecule has 3 aliphatic rings. The Balaban J connectivity index is 1.18. The summed E-state index contributed by atoms with van der Waals surface area (Å²) in [5.74, 6) is 1.37. The number of hydrogen-bond acceptors (Lipinski definition) is 3. The number of pyridine rings is 1. The SMILES string of the molecule is N#Cc1cc(-c2ccc(N3C4=C(CCC=C4)C4C=CC=CC43)nc2)ccc1-n1c2ccccc2c2ccccc21. The Labute approximate surface area is 233 Å². The van der Waals surface area contributed by atoms with Crippen molar-refractivity contribution < 1.29 is 0 Å². The van der Waals surface area contributed by atoms with E-state index in [1.165, 1.54) is 22.0 Å². The first-order valence-corrected chi connectivity index (χ1v) is 13.8. The van der Waals surface area contributed by atoms with E-state index in [2.05, 4.69) is 125 Å². The van der Waals surface area contributed by atoms with Crippen LogP contribution in [-0.2, 0) is 0 Å². The number of para-hydroxylation sites is 2. The van der Waals surface area contributed by atoms with Crippen LogP contribution in [0.25, 0.3) is 38.6 Å². The first-order valence-electron chi connectivity index (χ1n) is 13.8. The Hall–Kier alpha value is -5.14. The Morgan fingerprint density at radius 1 is 0.825 bits per heavy atom. The summed E-state index contributed by atoms with van der Waals surface area (Å²) in [6, 6.07) is 29.9. The number of rotatable bonds is 3. The summed E-state index contributed by atoms with van der Waals surface area (Å²) < 4.78 is 2.20. The van der Waals surface area contributed by atoms with Crippen LogP contribution >= 0.6 is 0 Å². The number of fused-ring (bicyclic) bond motifs is 5. The molecule has 0 saturated carbocycles. The van der Waals surface area contributed by atoms with E-state index in [-0.39, 0.29) is 6.04 Å². The maximum absolute atomic E-state index is 10.2. The lowest BCUT2D eigenvalue weighted by Crippen LogP contribution is -2.33. The molecule has 3 heterocycles. The van der Waals surface area contributed by atoms with E-state index >= 15 is 0 Å². The van der Waals surface area contributed by atoms with Crippen molar-refractivity contribution in [2.24, 2.45) is 5.92 Å². The number of allylic oxidation sites excluding steroid dienone is 4. The molecule has 8 rings (SSSR count). The van der Waals surface area contributed by atoms with Crippen molar-refractivity contribution in [2.45, 2.75) is 18.9 Å². The number of aromatic nitrogens is 2. The van der Waals surface area contributed by atoms with Gasteiger partial charge in [0.2, 0.25) is 0 Å².